The van der Waals surface area contributed by atoms with E-state index in [2.05, 4.69) is 130 Å². The van der Waals surface area contributed by atoms with Gasteiger partial charge in [0, 0.05) is 19.3 Å². The fraction of sp³-hybridized carbons (Fsp3) is 0.682. The van der Waals surface area contributed by atoms with Gasteiger partial charge in [0.05, 0.1) is 0 Å². The molecule has 0 bridgehead atoms. The molecule has 0 fully saturated rings. The molecule has 0 aromatic heterocycles. The Morgan fingerprint density at radius 3 is 0.861 bits per heavy atom. The third-order valence-corrected chi connectivity index (χ3v) is 12.5. The van der Waals surface area contributed by atoms with E-state index < -0.39 is 6.10 Å². The fourth-order valence-electron chi connectivity index (χ4n) is 8.04. The van der Waals surface area contributed by atoms with Crippen molar-refractivity contribution in [2.75, 3.05) is 13.2 Å². The highest BCUT2D eigenvalue weighted by atomic mass is 16.6. The second-order valence-electron chi connectivity index (χ2n) is 19.5. The normalized spacial score (nSPS) is 12.9. The molecule has 1 unspecified atom stereocenters. The molecule has 410 valence electrons. The summed E-state index contributed by atoms with van der Waals surface area (Å²) in [4.78, 5) is 38.1. The Balaban J connectivity index is 4.32. The van der Waals surface area contributed by atoms with Crippen molar-refractivity contribution >= 4 is 17.9 Å². The Labute approximate surface area is 444 Å². The first kappa shape index (κ1) is 68.1. The third kappa shape index (κ3) is 57.0. The SMILES string of the molecule is CC/C=C\C/C=C\C/C=C\C/C=C\C/C=C\C/C=C\C/C=C\CCCCCC(=O)OCC(COC(=O)CCCCCCCCCC)OC(=O)CCCCCCCCCCC/C=C\C/C=C\CCCCCCC. The summed E-state index contributed by atoms with van der Waals surface area (Å²) in [7, 11) is 0. The average molecular weight is 1000 g/mol. The maximum atomic E-state index is 12.8. The van der Waals surface area contributed by atoms with E-state index in [0.29, 0.717) is 19.3 Å². The van der Waals surface area contributed by atoms with Crippen LogP contribution in [0.2, 0.25) is 0 Å². The Bertz CT molecular complexity index is 1470. The molecule has 0 aliphatic heterocycles. The lowest BCUT2D eigenvalue weighted by Gasteiger charge is -2.18. The van der Waals surface area contributed by atoms with Gasteiger partial charge in [0.25, 0.3) is 0 Å². The van der Waals surface area contributed by atoms with Crippen molar-refractivity contribution in [3.63, 3.8) is 0 Å². The number of hydrogen-bond donors (Lipinski definition) is 0. The van der Waals surface area contributed by atoms with Gasteiger partial charge in [-0.25, -0.2) is 0 Å². The number of rotatable bonds is 53. The van der Waals surface area contributed by atoms with Gasteiger partial charge in [0.1, 0.15) is 13.2 Å². The van der Waals surface area contributed by atoms with Gasteiger partial charge in [-0.15, -0.1) is 0 Å². The summed E-state index contributed by atoms with van der Waals surface area (Å²) < 4.78 is 16.8. The molecule has 6 nitrogen and oxygen atoms in total. The smallest absolute Gasteiger partial charge is 0.306 e. The van der Waals surface area contributed by atoms with Crippen molar-refractivity contribution in [3.05, 3.63) is 109 Å². The first-order valence-corrected chi connectivity index (χ1v) is 29.9. The first-order chi connectivity index (χ1) is 35.5. The molecule has 0 aromatic carbocycles. The van der Waals surface area contributed by atoms with E-state index in [0.717, 1.165) is 116 Å². The molecule has 0 aromatic rings. The van der Waals surface area contributed by atoms with Crippen LogP contribution < -0.4 is 0 Å². The number of ether oxygens (including phenoxy) is 3. The fourth-order valence-corrected chi connectivity index (χ4v) is 8.04. The minimum absolute atomic E-state index is 0.0906. The lowest BCUT2D eigenvalue weighted by molar-refractivity contribution is -0.167. The summed E-state index contributed by atoms with van der Waals surface area (Å²) >= 11 is 0. The van der Waals surface area contributed by atoms with E-state index in [4.69, 9.17) is 14.2 Å². The van der Waals surface area contributed by atoms with E-state index in [-0.39, 0.29) is 31.1 Å². The van der Waals surface area contributed by atoms with E-state index in [1.165, 1.54) is 116 Å². The Hall–Kier alpha value is -3.93. The molecular formula is C66H110O6. The van der Waals surface area contributed by atoms with E-state index in [1.54, 1.807) is 0 Å². The third-order valence-electron chi connectivity index (χ3n) is 12.5. The summed E-state index contributed by atoms with van der Waals surface area (Å²) in [5.74, 6) is -0.932. The predicted octanol–water partition coefficient (Wildman–Crippen LogP) is 20.3. The molecule has 1 atom stereocenters. The molecule has 0 saturated heterocycles. The predicted molar refractivity (Wildman–Crippen MR) is 311 cm³/mol. The number of carbonyl (C=O) groups is 3. The highest BCUT2D eigenvalue weighted by Gasteiger charge is 2.19. The second-order valence-corrected chi connectivity index (χ2v) is 19.5. The minimum atomic E-state index is -0.794. The Kier molecular flexibility index (Phi) is 56.4. The van der Waals surface area contributed by atoms with E-state index in [1.807, 2.05) is 0 Å². The van der Waals surface area contributed by atoms with Gasteiger partial charge < -0.3 is 14.2 Å². The molecule has 0 aliphatic carbocycles. The van der Waals surface area contributed by atoms with Gasteiger partial charge in [-0.1, -0.05) is 252 Å². The van der Waals surface area contributed by atoms with Crippen LogP contribution in [0.1, 0.15) is 271 Å². The van der Waals surface area contributed by atoms with Gasteiger partial charge in [0.2, 0.25) is 0 Å². The summed E-state index contributed by atoms with van der Waals surface area (Å²) in [6.45, 7) is 6.46. The summed E-state index contributed by atoms with van der Waals surface area (Å²) in [5, 5.41) is 0. The molecule has 0 aliphatic rings. The van der Waals surface area contributed by atoms with Gasteiger partial charge in [-0.2, -0.15) is 0 Å². The maximum absolute atomic E-state index is 12.8. The van der Waals surface area contributed by atoms with Crippen molar-refractivity contribution in [1.82, 2.24) is 0 Å². The molecule has 0 heterocycles. The van der Waals surface area contributed by atoms with Gasteiger partial charge in [-0.3, -0.25) is 14.4 Å². The quantitative estimate of drug-likeness (QED) is 0.0261. The van der Waals surface area contributed by atoms with Crippen LogP contribution in [0.4, 0.5) is 0 Å². The Morgan fingerprint density at radius 2 is 0.542 bits per heavy atom. The maximum Gasteiger partial charge on any atom is 0.306 e. The zero-order chi connectivity index (χ0) is 52.2. The largest absolute Gasteiger partial charge is 0.462 e. The molecular weight excluding hydrogens is 889 g/mol. The monoisotopic (exact) mass is 999 g/mol. The van der Waals surface area contributed by atoms with Crippen molar-refractivity contribution < 1.29 is 28.6 Å². The van der Waals surface area contributed by atoms with E-state index >= 15 is 0 Å². The zero-order valence-electron chi connectivity index (χ0n) is 46.9. The molecule has 0 saturated carbocycles. The molecule has 72 heavy (non-hydrogen) atoms. The topological polar surface area (TPSA) is 78.9 Å². The Morgan fingerprint density at radius 1 is 0.292 bits per heavy atom. The first-order valence-electron chi connectivity index (χ1n) is 29.9. The van der Waals surface area contributed by atoms with Crippen molar-refractivity contribution in [1.29, 1.82) is 0 Å². The van der Waals surface area contributed by atoms with Crippen LogP contribution in [-0.2, 0) is 28.6 Å². The molecule has 0 N–H and O–H groups in total. The van der Waals surface area contributed by atoms with Crippen LogP contribution >= 0.6 is 0 Å². The summed E-state index contributed by atoms with van der Waals surface area (Å²) in [6.07, 6.45) is 81.0. The molecule has 0 spiro atoms. The van der Waals surface area contributed by atoms with Crippen LogP contribution in [0, 0.1) is 0 Å². The molecule has 6 heteroatoms. The number of esters is 3. The lowest BCUT2D eigenvalue weighted by atomic mass is 10.1. The zero-order valence-corrected chi connectivity index (χ0v) is 46.9. The van der Waals surface area contributed by atoms with E-state index in [9.17, 15) is 14.4 Å². The lowest BCUT2D eigenvalue weighted by Crippen LogP contribution is -2.30. The van der Waals surface area contributed by atoms with Gasteiger partial charge >= 0.3 is 17.9 Å². The molecule has 0 radical (unpaired) electrons. The highest BCUT2D eigenvalue weighted by Crippen LogP contribution is 2.15. The number of hydrogen-bond acceptors (Lipinski definition) is 6. The minimum Gasteiger partial charge on any atom is -0.462 e. The van der Waals surface area contributed by atoms with Crippen molar-refractivity contribution in [3.8, 4) is 0 Å². The molecule has 0 amide bonds. The average Bonchev–Trinajstić information content (AvgIpc) is 3.38. The highest BCUT2D eigenvalue weighted by molar-refractivity contribution is 5.71. The summed E-state index contributed by atoms with van der Waals surface area (Å²) in [5.41, 5.74) is 0. The van der Waals surface area contributed by atoms with Crippen molar-refractivity contribution in [2.24, 2.45) is 0 Å². The van der Waals surface area contributed by atoms with Crippen LogP contribution in [-0.4, -0.2) is 37.2 Å². The summed E-state index contributed by atoms with van der Waals surface area (Å²) in [6, 6.07) is 0. The standard InChI is InChI=1S/C66H110O6/c1-4-7-10-13-16-19-21-23-25-27-29-31-32-33-34-36-37-39-41-43-45-47-50-53-56-59-65(68)71-62-63(61-70-64(67)58-55-52-49-18-15-12-9-6-3)72-66(69)60-57-54-51-48-46-44-42-40-38-35-30-28-26-24-22-20-17-14-11-8-5-2/h7,10,16,19,22-25,28-31,33-34,37,39,43,45,63H,4-6,8-9,11-15,17-18,20-21,26-27,32,35-36,38,40-42,44,46-62H2,1-3H3/b10-7-,19-16-,24-22-,25-23-,30-28-,31-29-,34-33-,39-37-,45-43-. The van der Waals surface area contributed by atoms with Crippen molar-refractivity contribution in [2.45, 2.75) is 277 Å². The molecule has 0 rings (SSSR count). The van der Waals surface area contributed by atoms with Gasteiger partial charge in [-0.05, 0) is 109 Å². The number of unbranched alkanes of at least 4 members (excludes halogenated alkanes) is 24. The number of carbonyl (C=O) groups excluding carboxylic acids is 3. The van der Waals surface area contributed by atoms with Crippen LogP contribution in [0.25, 0.3) is 0 Å². The van der Waals surface area contributed by atoms with Crippen LogP contribution in [0.15, 0.2) is 109 Å². The van der Waals surface area contributed by atoms with Crippen LogP contribution in [0.5, 0.6) is 0 Å². The number of allylic oxidation sites excluding steroid dienone is 18. The van der Waals surface area contributed by atoms with Crippen LogP contribution in [0.3, 0.4) is 0 Å². The second kappa shape index (κ2) is 59.6. The van der Waals surface area contributed by atoms with Gasteiger partial charge in [0.15, 0.2) is 6.10 Å².